The molecule has 3 rings (SSSR count). The molecule has 5 heteroatoms. The van der Waals surface area contributed by atoms with E-state index in [2.05, 4.69) is 32.6 Å². The summed E-state index contributed by atoms with van der Waals surface area (Å²) in [6.07, 6.45) is 2.95. The van der Waals surface area contributed by atoms with Gasteiger partial charge in [-0.3, -0.25) is 4.79 Å². The Balaban J connectivity index is 1.68. The van der Waals surface area contributed by atoms with E-state index >= 15 is 0 Å². The van der Waals surface area contributed by atoms with Crippen LogP contribution in [0.25, 0.3) is 0 Å². The summed E-state index contributed by atoms with van der Waals surface area (Å²) in [6, 6.07) is 4.08. The number of ether oxygens (including phenoxy) is 1. The van der Waals surface area contributed by atoms with E-state index in [1.165, 1.54) is 5.56 Å². The van der Waals surface area contributed by atoms with Crippen LogP contribution in [0.2, 0.25) is 0 Å². The summed E-state index contributed by atoms with van der Waals surface area (Å²) in [5.74, 6) is 1.03. The van der Waals surface area contributed by atoms with Crippen LogP contribution in [0, 0.1) is 0 Å². The van der Waals surface area contributed by atoms with E-state index in [-0.39, 0.29) is 11.9 Å². The van der Waals surface area contributed by atoms with Crippen LogP contribution in [0.15, 0.2) is 16.6 Å². The first kappa shape index (κ1) is 12.9. The lowest BCUT2D eigenvalue weighted by Gasteiger charge is -2.13. The van der Waals surface area contributed by atoms with Crippen molar-refractivity contribution in [3.05, 3.63) is 27.7 Å². The summed E-state index contributed by atoms with van der Waals surface area (Å²) in [4.78, 5) is 12.0. The smallest absolute Gasteiger partial charge is 0.237 e. The monoisotopic (exact) mass is 324 g/mol. The van der Waals surface area contributed by atoms with E-state index < -0.39 is 0 Å². The molecule has 1 fully saturated rings. The van der Waals surface area contributed by atoms with Gasteiger partial charge in [0.2, 0.25) is 5.91 Å². The number of benzene rings is 1. The van der Waals surface area contributed by atoms with E-state index in [4.69, 9.17) is 4.74 Å². The van der Waals surface area contributed by atoms with Gasteiger partial charge in [-0.15, -0.1) is 0 Å². The Kier molecular flexibility index (Phi) is 3.75. The predicted molar refractivity (Wildman–Crippen MR) is 76.2 cm³/mol. The van der Waals surface area contributed by atoms with Crippen LogP contribution >= 0.6 is 15.9 Å². The van der Waals surface area contributed by atoms with Gasteiger partial charge in [0.15, 0.2) is 0 Å². The molecule has 0 unspecified atom stereocenters. The fraction of sp³-hybridized carbons (Fsp3) is 0.500. The van der Waals surface area contributed by atoms with E-state index in [1.807, 2.05) is 6.07 Å². The van der Waals surface area contributed by atoms with Crippen molar-refractivity contribution in [2.45, 2.75) is 31.8 Å². The van der Waals surface area contributed by atoms with E-state index in [0.29, 0.717) is 6.54 Å². The number of hydrogen-bond acceptors (Lipinski definition) is 3. The molecule has 1 saturated heterocycles. The maximum Gasteiger partial charge on any atom is 0.237 e. The van der Waals surface area contributed by atoms with Crippen molar-refractivity contribution in [3.8, 4) is 5.75 Å². The Bertz CT molecular complexity index is 498. The highest BCUT2D eigenvalue weighted by Crippen LogP contribution is 2.32. The number of rotatable bonds is 3. The zero-order valence-corrected chi connectivity index (χ0v) is 12.3. The summed E-state index contributed by atoms with van der Waals surface area (Å²) >= 11 is 3.51. The highest BCUT2D eigenvalue weighted by molar-refractivity contribution is 9.10. The summed E-state index contributed by atoms with van der Waals surface area (Å²) in [6.45, 7) is 2.20. The number of nitrogens with one attached hydrogen (secondary N) is 2. The second-order valence-electron chi connectivity index (χ2n) is 5.02. The zero-order chi connectivity index (χ0) is 13.2. The zero-order valence-electron chi connectivity index (χ0n) is 10.7. The van der Waals surface area contributed by atoms with Crippen LogP contribution in [0.5, 0.6) is 5.75 Å². The first-order chi connectivity index (χ1) is 9.24. The standard InChI is InChI=1S/C14H17BrN2O2/c15-11-6-9-3-5-19-13(9)10(7-11)8-17-14(18)12-2-1-4-16-12/h6-7,12,16H,1-5,8H2,(H,17,18)/t12-/m1/s1. The van der Waals surface area contributed by atoms with Crippen LogP contribution in [0.1, 0.15) is 24.0 Å². The highest BCUT2D eigenvalue weighted by Gasteiger charge is 2.23. The molecule has 0 aliphatic carbocycles. The number of halogens is 1. The SMILES string of the molecule is O=C(NCc1cc(Br)cc2c1OCC2)[C@H]1CCCN1. The van der Waals surface area contributed by atoms with Crippen molar-refractivity contribution in [2.24, 2.45) is 0 Å². The number of carbonyl (C=O) groups is 1. The Hall–Kier alpha value is -1.07. The van der Waals surface area contributed by atoms with Gasteiger partial charge in [-0.05, 0) is 37.1 Å². The molecule has 0 radical (unpaired) electrons. The van der Waals surface area contributed by atoms with Crippen molar-refractivity contribution in [1.29, 1.82) is 0 Å². The largest absolute Gasteiger partial charge is 0.493 e. The summed E-state index contributed by atoms with van der Waals surface area (Å²) in [7, 11) is 0. The molecule has 1 aromatic carbocycles. The molecule has 102 valence electrons. The summed E-state index contributed by atoms with van der Waals surface area (Å²) in [5.41, 5.74) is 2.27. The third-order valence-electron chi connectivity index (χ3n) is 3.66. The first-order valence-corrected chi connectivity index (χ1v) is 7.48. The van der Waals surface area contributed by atoms with E-state index in [0.717, 1.165) is 48.2 Å². The lowest BCUT2D eigenvalue weighted by Crippen LogP contribution is -2.40. The van der Waals surface area contributed by atoms with Crippen molar-refractivity contribution >= 4 is 21.8 Å². The molecule has 4 nitrogen and oxygen atoms in total. The fourth-order valence-corrected chi connectivity index (χ4v) is 3.24. The van der Waals surface area contributed by atoms with Crippen LogP contribution < -0.4 is 15.4 Å². The number of carbonyl (C=O) groups excluding carboxylic acids is 1. The third-order valence-corrected chi connectivity index (χ3v) is 4.11. The normalized spacial score (nSPS) is 21.0. The quantitative estimate of drug-likeness (QED) is 0.890. The molecule has 1 atom stereocenters. The molecule has 0 spiro atoms. The molecule has 0 aromatic heterocycles. The molecule has 0 saturated carbocycles. The van der Waals surface area contributed by atoms with Gasteiger partial charge in [-0.25, -0.2) is 0 Å². The molecule has 2 aliphatic heterocycles. The molecular formula is C14H17BrN2O2. The second-order valence-corrected chi connectivity index (χ2v) is 5.93. The molecule has 19 heavy (non-hydrogen) atoms. The molecule has 2 aliphatic rings. The van der Waals surface area contributed by atoms with Crippen LogP contribution in [0.3, 0.4) is 0 Å². The lowest BCUT2D eigenvalue weighted by atomic mass is 10.1. The van der Waals surface area contributed by atoms with Gasteiger partial charge in [0.25, 0.3) is 0 Å². The van der Waals surface area contributed by atoms with Gasteiger partial charge < -0.3 is 15.4 Å². The van der Waals surface area contributed by atoms with Crippen LogP contribution in [-0.2, 0) is 17.8 Å². The molecule has 2 N–H and O–H groups in total. The maximum atomic E-state index is 12.0. The number of amides is 1. The average molecular weight is 325 g/mol. The van der Waals surface area contributed by atoms with E-state index in [1.54, 1.807) is 0 Å². The van der Waals surface area contributed by atoms with Crippen LogP contribution in [0.4, 0.5) is 0 Å². The van der Waals surface area contributed by atoms with Crippen molar-refractivity contribution in [2.75, 3.05) is 13.2 Å². The van der Waals surface area contributed by atoms with Gasteiger partial charge in [0, 0.05) is 23.0 Å². The average Bonchev–Trinajstić information content (AvgIpc) is 3.05. The Morgan fingerprint density at radius 2 is 2.42 bits per heavy atom. The van der Waals surface area contributed by atoms with Crippen LogP contribution in [-0.4, -0.2) is 25.1 Å². The Morgan fingerprint density at radius 3 is 3.21 bits per heavy atom. The van der Waals surface area contributed by atoms with Gasteiger partial charge in [-0.2, -0.15) is 0 Å². The first-order valence-electron chi connectivity index (χ1n) is 6.69. The van der Waals surface area contributed by atoms with Gasteiger partial charge in [0.05, 0.1) is 12.6 Å². The second kappa shape index (κ2) is 5.51. The Labute approximate surface area is 121 Å². The predicted octanol–water partition coefficient (Wildman–Crippen LogP) is 1.75. The minimum Gasteiger partial charge on any atom is -0.493 e. The van der Waals surface area contributed by atoms with Gasteiger partial charge in [-0.1, -0.05) is 15.9 Å². The Morgan fingerprint density at radius 1 is 1.53 bits per heavy atom. The third kappa shape index (κ3) is 2.77. The molecule has 0 bridgehead atoms. The molecule has 1 aromatic rings. The minimum absolute atomic E-state index is 0.0267. The fourth-order valence-electron chi connectivity index (χ4n) is 2.69. The number of fused-ring (bicyclic) bond motifs is 1. The number of hydrogen-bond donors (Lipinski definition) is 2. The minimum atomic E-state index is -0.0267. The lowest BCUT2D eigenvalue weighted by molar-refractivity contribution is -0.122. The van der Waals surface area contributed by atoms with Gasteiger partial charge >= 0.3 is 0 Å². The highest BCUT2D eigenvalue weighted by atomic mass is 79.9. The summed E-state index contributed by atoms with van der Waals surface area (Å²) < 4.78 is 6.70. The molecular weight excluding hydrogens is 308 g/mol. The van der Waals surface area contributed by atoms with Crippen molar-refractivity contribution < 1.29 is 9.53 Å². The summed E-state index contributed by atoms with van der Waals surface area (Å²) in [5, 5.41) is 6.20. The van der Waals surface area contributed by atoms with E-state index in [9.17, 15) is 4.79 Å². The van der Waals surface area contributed by atoms with Gasteiger partial charge in [0.1, 0.15) is 5.75 Å². The molecule has 1 amide bonds. The molecule has 2 heterocycles. The topological polar surface area (TPSA) is 50.4 Å². The van der Waals surface area contributed by atoms with Crippen molar-refractivity contribution in [3.63, 3.8) is 0 Å². The van der Waals surface area contributed by atoms with Crippen molar-refractivity contribution in [1.82, 2.24) is 10.6 Å². The maximum absolute atomic E-state index is 12.0.